The average molecular weight is 234 g/mol. The first-order valence-corrected chi connectivity index (χ1v) is 6.69. The second-order valence-electron chi connectivity index (χ2n) is 4.82. The van der Waals surface area contributed by atoms with Gasteiger partial charge in [-0.2, -0.15) is 0 Å². The van der Waals surface area contributed by atoms with E-state index in [1.807, 2.05) is 0 Å². The molecule has 1 aromatic carbocycles. The van der Waals surface area contributed by atoms with Crippen LogP contribution in [0, 0.1) is 0 Å². The molecular weight excluding hydrogens is 208 g/mol. The monoisotopic (exact) mass is 234 g/mol. The molecule has 0 aromatic heterocycles. The Hall–Kier alpha value is -1.02. The fourth-order valence-electron chi connectivity index (χ4n) is 2.19. The molecule has 0 heterocycles. The van der Waals surface area contributed by atoms with E-state index in [1.54, 1.807) is 0 Å². The van der Waals surface area contributed by atoms with E-state index in [0.29, 0.717) is 6.04 Å². The fourth-order valence-corrected chi connectivity index (χ4v) is 2.19. The van der Waals surface area contributed by atoms with E-state index in [9.17, 15) is 0 Å². The first-order chi connectivity index (χ1) is 8.11. The highest BCUT2D eigenvalue weighted by Gasteiger charge is 2.15. The van der Waals surface area contributed by atoms with E-state index >= 15 is 0 Å². The fraction of sp³-hybridized carbons (Fsp3) is 0.600. The van der Waals surface area contributed by atoms with Gasteiger partial charge in [0.25, 0.3) is 0 Å². The summed E-state index contributed by atoms with van der Waals surface area (Å²) in [5.74, 6) is 0. The van der Waals surface area contributed by atoms with Gasteiger partial charge in [-0.05, 0) is 31.4 Å². The minimum Gasteiger partial charge on any atom is -0.372 e. The number of anilines is 1. The van der Waals surface area contributed by atoms with Crippen LogP contribution in [0.2, 0.25) is 0 Å². The third-order valence-corrected chi connectivity index (χ3v) is 3.52. The molecule has 0 aliphatic heterocycles. The van der Waals surface area contributed by atoms with Crippen molar-refractivity contribution in [1.82, 2.24) is 0 Å². The van der Waals surface area contributed by atoms with E-state index in [0.717, 1.165) is 6.42 Å². The van der Waals surface area contributed by atoms with Crippen LogP contribution in [-0.4, -0.2) is 13.1 Å². The lowest BCUT2D eigenvalue weighted by molar-refractivity contribution is 0.608. The molecule has 2 heteroatoms. The lowest BCUT2D eigenvalue weighted by atomic mass is 10.0. The van der Waals surface area contributed by atoms with Crippen LogP contribution < -0.4 is 10.6 Å². The Morgan fingerprint density at radius 1 is 1.24 bits per heavy atom. The highest BCUT2D eigenvalue weighted by Crippen LogP contribution is 2.27. The summed E-state index contributed by atoms with van der Waals surface area (Å²) in [5, 5.41) is 0. The molecule has 0 amide bonds. The van der Waals surface area contributed by atoms with Gasteiger partial charge in [0.05, 0.1) is 0 Å². The molecule has 0 aliphatic carbocycles. The molecule has 1 aromatic rings. The minimum absolute atomic E-state index is 0.141. The molecular formula is C15H26N2. The lowest BCUT2D eigenvalue weighted by Crippen LogP contribution is -2.30. The number of nitrogens with zero attached hydrogens (tertiary/aromatic N) is 1. The van der Waals surface area contributed by atoms with E-state index < -0.39 is 0 Å². The Morgan fingerprint density at radius 3 is 2.47 bits per heavy atom. The highest BCUT2D eigenvalue weighted by molar-refractivity contribution is 5.55. The largest absolute Gasteiger partial charge is 0.372 e. The minimum atomic E-state index is 0.141. The van der Waals surface area contributed by atoms with Crippen molar-refractivity contribution in [1.29, 1.82) is 0 Å². The normalized spacial score (nSPS) is 14.4. The molecule has 2 N–H and O–H groups in total. The van der Waals surface area contributed by atoms with Crippen molar-refractivity contribution < 1.29 is 0 Å². The predicted molar refractivity (Wildman–Crippen MR) is 76.4 cm³/mol. The van der Waals surface area contributed by atoms with Crippen molar-refractivity contribution >= 4 is 5.69 Å². The van der Waals surface area contributed by atoms with Gasteiger partial charge in [0.1, 0.15) is 0 Å². The molecule has 1 unspecified atom stereocenters. The molecule has 0 saturated heterocycles. The summed E-state index contributed by atoms with van der Waals surface area (Å²) in [5.41, 5.74) is 8.72. The smallest absolute Gasteiger partial charge is 0.0414 e. The topological polar surface area (TPSA) is 29.3 Å². The van der Waals surface area contributed by atoms with E-state index in [-0.39, 0.29) is 6.04 Å². The first kappa shape index (κ1) is 14.0. The van der Waals surface area contributed by atoms with Crippen LogP contribution in [0.1, 0.15) is 51.6 Å². The number of nitrogens with two attached hydrogens (primary N) is 1. The van der Waals surface area contributed by atoms with Gasteiger partial charge in [-0.1, -0.05) is 38.5 Å². The second-order valence-corrected chi connectivity index (χ2v) is 4.82. The maximum absolute atomic E-state index is 6.18. The number of hydrogen-bond acceptors (Lipinski definition) is 2. The summed E-state index contributed by atoms with van der Waals surface area (Å²) in [6.07, 6.45) is 3.41. The number of hydrogen-bond donors (Lipinski definition) is 1. The van der Waals surface area contributed by atoms with Crippen LogP contribution >= 0.6 is 0 Å². The molecule has 0 saturated carbocycles. The van der Waals surface area contributed by atoms with Crippen LogP contribution in [0.5, 0.6) is 0 Å². The summed E-state index contributed by atoms with van der Waals surface area (Å²) in [6.45, 7) is 6.64. The molecule has 2 nitrogen and oxygen atoms in total. The van der Waals surface area contributed by atoms with E-state index in [1.165, 1.54) is 24.1 Å². The second kappa shape index (κ2) is 6.65. The SMILES string of the molecule is CCCC(C)N(C)c1ccccc1[C@H](N)CC. The Bertz CT molecular complexity index is 335. The van der Waals surface area contributed by atoms with Gasteiger partial charge >= 0.3 is 0 Å². The standard InChI is InChI=1S/C15H26N2/c1-5-9-12(3)17(4)15-11-8-7-10-13(15)14(16)6-2/h7-8,10-12,14H,5-6,9,16H2,1-4H3/t12?,14-/m1/s1. The Morgan fingerprint density at radius 2 is 1.88 bits per heavy atom. The molecule has 1 rings (SSSR count). The van der Waals surface area contributed by atoms with Crippen LogP contribution in [0.4, 0.5) is 5.69 Å². The summed E-state index contributed by atoms with van der Waals surface area (Å²) >= 11 is 0. The quantitative estimate of drug-likeness (QED) is 0.813. The zero-order valence-electron chi connectivity index (χ0n) is 11.6. The summed E-state index contributed by atoms with van der Waals surface area (Å²) in [7, 11) is 2.17. The Kier molecular flexibility index (Phi) is 5.49. The van der Waals surface area contributed by atoms with Crippen LogP contribution in [0.15, 0.2) is 24.3 Å². The molecule has 17 heavy (non-hydrogen) atoms. The zero-order valence-corrected chi connectivity index (χ0v) is 11.6. The number of rotatable bonds is 6. The van der Waals surface area contributed by atoms with Crippen LogP contribution in [0.3, 0.4) is 0 Å². The van der Waals surface area contributed by atoms with Crippen molar-refractivity contribution in [2.75, 3.05) is 11.9 Å². The number of para-hydroxylation sites is 1. The van der Waals surface area contributed by atoms with E-state index in [2.05, 4.69) is 57.0 Å². The van der Waals surface area contributed by atoms with Crippen LogP contribution in [-0.2, 0) is 0 Å². The van der Waals surface area contributed by atoms with Crippen LogP contribution in [0.25, 0.3) is 0 Å². The molecule has 0 spiro atoms. The maximum atomic E-state index is 6.18. The first-order valence-electron chi connectivity index (χ1n) is 6.69. The maximum Gasteiger partial charge on any atom is 0.0414 e. The molecule has 0 radical (unpaired) electrons. The van der Waals surface area contributed by atoms with Gasteiger partial charge < -0.3 is 10.6 Å². The Labute approximate surface area is 106 Å². The predicted octanol–water partition coefficient (Wildman–Crippen LogP) is 3.72. The van der Waals surface area contributed by atoms with Crippen molar-refractivity contribution in [2.45, 2.75) is 52.1 Å². The van der Waals surface area contributed by atoms with Gasteiger partial charge in [0, 0.05) is 24.8 Å². The molecule has 0 fully saturated rings. The van der Waals surface area contributed by atoms with Crippen molar-refractivity contribution in [2.24, 2.45) is 5.73 Å². The van der Waals surface area contributed by atoms with Gasteiger partial charge in [0.15, 0.2) is 0 Å². The number of benzene rings is 1. The van der Waals surface area contributed by atoms with Crippen molar-refractivity contribution in [3.8, 4) is 0 Å². The molecule has 96 valence electrons. The summed E-state index contributed by atoms with van der Waals surface area (Å²) < 4.78 is 0. The van der Waals surface area contributed by atoms with Gasteiger partial charge in [0.2, 0.25) is 0 Å². The third kappa shape index (κ3) is 3.47. The third-order valence-electron chi connectivity index (χ3n) is 3.52. The lowest BCUT2D eigenvalue weighted by Gasteiger charge is -2.30. The average Bonchev–Trinajstić information content (AvgIpc) is 2.37. The van der Waals surface area contributed by atoms with Gasteiger partial charge in [-0.15, -0.1) is 0 Å². The van der Waals surface area contributed by atoms with Crippen molar-refractivity contribution in [3.63, 3.8) is 0 Å². The summed E-state index contributed by atoms with van der Waals surface area (Å²) in [4.78, 5) is 2.36. The molecule has 2 atom stereocenters. The van der Waals surface area contributed by atoms with Crippen molar-refractivity contribution in [3.05, 3.63) is 29.8 Å². The highest BCUT2D eigenvalue weighted by atomic mass is 15.1. The van der Waals surface area contributed by atoms with E-state index in [4.69, 9.17) is 5.73 Å². The summed E-state index contributed by atoms with van der Waals surface area (Å²) in [6, 6.07) is 9.20. The molecule has 0 aliphatic rings. The van der Waals surface area contributed by atoms with Gasteiger partial charge in [-0.25, -0.2) is 0 Å². The Balaban J connectivity index is 2.96. The zero-order chi connectivity index (χ0) is 12.8. The molecule has 0 bridgehead atoms. The van der Waals surface area contributed by atoms with Gasteiger partial charge in [-0.3, -0.25) is 0 Å².